The highest BCUT2D eigenvalue weighted by atomic mass is 35.5. The van der Waals surface area contributed by atoms with Crippen molar-refractivity contribution >= 4 is 29.3 Å². The Kier molecular flexibility index (Phi) is 6.73. The zero-order chi connectivity index (χ0) is 21.7. The summed E-state index contributed by atoms with van der Waals surface area (Å²) in [6, 6.07) is 10.7. The molecule has 0 saturated heterocycles. The van der Waals surface area contributed by atoms with Crippen molar-refractivity contribution in [2.24, 2.45) is 0 Å². The number of carboxylic acids is 1. The monoisotopic (exact) mass is 459 g/mol. The van der Waals surface area contributed by atoms with Gasteiger partial charge in [-0.25, -0.2) is 9.48 Å². The molecular formula is C18H13ClF3N3O4S. The molecule has 0 amide bonds. The van der Waals surface area contributed by atoms with E-state index in [2.05, 4.69) is 15.0 Å². The standard InChI is InChI=1S/C18H13ClF3N3O4S/c19-15-7-12(1-6-16(15)29-18(20,21)22)25-8-11(23-24-25)10-30-14-4-2-13(3-5-14)28-9-17(26)27/h1-8H,9-10H2,(H,26,27). The molecule has 0 unspecified atom stereocenters. The van der Waals surface area contributed by atoms with Gasteiger partial charge < -0.3 is 14.6 Å². The van der Waals surface area contributed by atoms with Gasteiger partial charge in [-0.15, -0.1) is 30.0 Å². The van der Waals surface area contributed by atoms with E-state index in [1.165, 1.54) is 28.6 Å². The third kappa shape index (κ3) is 6.29. The van der Waals surface area contributed by atoms with Crippen LogP contribution in [0.4, 0.5) is 13.2 Å². The summed E-state index contributed by atoms with van der Waals surface area (Å²) in [5.41, 5.74) is 1.07. The lowest BCUT2D eigenvalue weighted by atomic mass is 10.3. The Bertz CT molecular complexity index is 1030. The van der Waals surface area contributed by atoms with Crippen molar-refractivity contribution in [3.05, 3.63) is 59.4 Å². The number of hydrogen-bond donors (Lipinski definition) is 1. The minimum absolute atomic E-state index is 0.207. The van der Waals surface area contributed by atoms with Crippen LogP contribution in [0.3, 0.4) is 0 Å². The Labute approximate surface area is 177 Å². The molecule has 0 fully saturated rings. The lowest BCUT2D eigenvalue weighted by molar-refractivity contribution is -0.274. The van der Waals surface area contributed by atoms with Crippen molar-refractivity contribution in [3.63, 3.8) is 0 Å². The quantitative estimate of drug-likeness (QED) is 0.493. The van der Waals surface area contributed by atoms with E-state index < -0.39 is 24.7 Å². The van der Waals surface area contributed by atoms with Gasteiger partial charge >= 0.3 is 12.3 Å². The van der Waals surface area contributed by atoms with Crippen LogP contribution in [-0.2, 0) is 10.5 Å². The second-order valence-corrected chi connectivity index (χ2v) is 7.22. The van der Waals surface area contributed by atoms with Crippen LogP contribution in [0.1, 0.15) is 5.69 Å². The van der Waals surface area contributed by atoms with Crippen LogP contribution in [0.15, 0.2) is 53.6 Å². The Morgan fingerprint density at radius 3 is 2.57 bits per heavy atom. The second kappa shape index (κ2) is 9.26. The average molecular weight is 460 g/mol. The third-order valence-electron chi connectivity index (χ3n) is 3.52. The van der Waals surface area contributed by atoms with Gasteiger partial charge in [0, 0.05) is 10.6 Å². The molecule has 1 heterocycles. The molecule has 0 aliphatic rings. The summed E-state index contributed by atoms with van der Waals surface area (Å²) >= 11 is 7.32. The molecule has 0 aliphatic heterocycles. The molecule has 1 aromatic heterocycles. The molecular weight excluding hydrogens is 447 g/mol. The fraction of sp³-hybridized carbons (Fsp3) is 0.167. The van der Waals surface area contributed by atoms with E-state index in [9.17, 15) is 18.0 Å². The Balaban J connectivity index is 1.60. The molecule has 30 heavy (non-hydrogen) atoms. The summed E-state index contributed by atoms with van der Waals surface area (Å²) in [5, 5.41) is 16.4. The fourth-order valence-electron chi connectivity index (χ4n) is 2.26. The van der Waals surface area contributed by atoms with Crippen LogP contribution < -0.4 is 9.47 Å². The molecule has 0 spiro atoms. The van der Waals surface area contributed by atoms with Gasteiger partial charge in [-0.2, -0.15) is 0 Å². The molecule has 12 heteroatoms. The highest BCUT2D eigenvalue weighted by Crippen LogP contribution is 2.31. The number of carbonyl (C=O) groups is 1. The first-order chi connectivity index (χ1) is 14.2. The molecule has 158 valence electrons. The van der Waals surface area contributed by atoms with E-state index in [-0.39, 0.29) is 5.02 Å². The fourth-order valence-corrected chi connectivity index (χ4v) is 3.25. The van der Waals surface area contributed by atoms with Gasteiger partial charge in [0.2, 0.25) is 0 Å². The molecule has 0 radical (unpaired) electrons. The maximum absolute atomic E-state index is 12.3. The minimum Gasteiger partial charge on any atom is -0.482 e. The third-order valence-corrected chi connectivity index (χ3v) is 4.86. The van der Waals surface area contributed by atoms with E-state index in [0.717, 1.165) is 11.0 Å². The Morgan fingerprint density at radius 2 is 1.93 bits per heavy atom. The first-order valence-corrected chi connectivity index (χ1v) is 9.60. The maximum atomic E-state index is 12.3. The number of thioether (sulfide) groups is 1. The van der Waals surface area contributed by atoms with E-state index in [0.29, 0.717) is 22.9 Å². The van der Waals surface area contributed by atoms with Crippen LogP contribution in [0, 0.1) is 0 Å². The first-order valence-electron chi connectivity index (χ1n) is 8.24. The predicted octanol–water partition coefficient (Wildman–Crippen LogP) is 4.58. The number of hydrogen-bond acceptors (Lipinski definition) is 6. The van der Waals surface area contributed by atoms with Gasteiger partial charge in [-0.05, 0) is 42.5 Å². The van der Waals surface area contributed by atoms with Crippen LogP contribution >= 0.6 is 23.4 Å². The zero-order valence-electron chi connectivity index (χ0n) is 15.0. The van der Waals surface area contributed by atoms with Crippen molar-refractivity contribution in [2.45, 2.75) is 17.0 Å². The lowest BCUT2D eigenvalue weighted by Crippen LogP contribution is -2.17. The number of alkyl halides is 3. The topological polar surface area (TPSA) is 86.5 Å². The van der Waals surface area contributed by atoms with Crippen LogP contribution in [0.5, 0.6) is 11.5 Å². The van der Waals surface area contributed by atoms with Gasteiger partial charge in [-0.3, -0.25) is 0 Å². The number of aliphatic carboxylic acids is 1. The van der Waals surface area contributed by atoms with Crippen LogP contribution in [-0.4, -0.2) is 39.0 Å². The summed E-state index contributed by atoms with van der Waals surface area (Å²) in [4.78, 5) is 11.4. The molecule has 0 aliphatic carbocycles. The normalized spacial score (nSPS) is 11.3. The van der Waals surface area contributed by atoms with Crippen molar-refractivity contribution in [1.29, 1.82) is 0 Å². The van der Waals surface area contributed by atoms with Crippen LogP contribution in [0.25, 0.3) is 5.69 Å². The first kappa shape index (κ1) is 21.8. The number of halogens is 4. The van der Waals surface area contributed by atoms with E-state index in [4.69, 9.17) is 21.4 Å². The van der Waals surface area contributed by atoms with Crippen molar-refractivity contribution in [3.8, 4) is 17.2 Å². The smallest absolute Gasteiger partial charge is 0.482 e. The van der Waals surface area contributed by atoms with Crippen molar-refractivity contribution in [2.75, 3.05) is 6.61 Å². The summed E-state index contributed by atoms with van der Waals surface area (Å²) in [6.45, 7) is -0.414. The number of aromatic nitrogens is 3. The molecule has 0 saturated carbocycles. The second-order valence-electron chi connectivity index (χ2n) is 5.76. The van der Waals surface area contributed by atoms with Crippen molar-refractivity contribution < 1.29 is 32.5 Å². The Hall–Kier alpha value is -2.92. The molecule has 1 N–H and O–H groups in total. The highest BCUT2D eigenvalue weighted by Gasteiger charge is 2.32. The van der Waals surface area contributed by atoms with Crippen molar-refractivity contribution in [1.82, 2.24) is 15.0 Å². The van der Waals surface area contributed by atoms with Gasteiger partial charge in [0.25, 0.3) is 0 Å². The minimum atomic E-state index is -4.83. The molecule has 0 atom stereocenters. The largest absolute Gasteiger partial charge is 0.573 e. The van der Waals surface area contributed by atoms with E-state index >= 15 is 0 Å². The number of benzene rings is 2. The summed E-state index contributed by atoms with van der Waals surface area (Å²) in [5.74, 6) is -0.624. The lowest BCUT2D eigenvalue weighted by Gasteiger charge is -2.11. The summed E-state index contributed by atoms with van der Waals surface area (Å²) in [6.07, 6.45) is -3.20. The van der Waals surface area contributed by atoms with Gasteiger partial charge in [0.05, 0.1) is 22.6 Å². The molecule has 7 nitrogen and oxygen atoms in total. The van der Waals surface area contributed by atoms with Gasteiger partial charge in [0.1, 0.15) is 11.5 Å². The van der Waals surface area contributed by atoms with Gasteiger partial charge in [0.15, 0.2) is 6.61 Å². The molecule has 3 aromatic rings. The number of ether oxygens (including phenoxy) is 2. The predicted molar refractivity (Wildman–Crippen MR) is 102 cm³/mol. The van der Waals surface area contributed by atoms with E-state index in [1.54, 1.807) is 30.5 Å². The van der Waals surface area contributed by atoms with Gasteiger partial charge in [-0.1, -0.05) is 16.8 Å². The number of carboxylic acid groups (broad SMARTS) is 1. The maximum Gasteiger partial charge on any atom is 0.573 e. The highest BCUT2D eigenvalue weighted by molar-refractivity contribution is 7.98. The molecule has 3 rings (SSSR count). The average Bonchev–Trinajstić information content (AvgIpc) is 3.15. The van der Waals surface area contributed by atoms with E-state index in [1.807, 2.05) is 0 Å². The van der Waals surface area contributed by atoms with Crippen LogP contribution in [0.2, 0.25) is 5.02 Å². The number of rotatable bonds is 8. The Morgan fingerprint density at radius 1 is 1.20 bits per heavy atom. The summed E-state index contributed by atoms with van der Waals surface area (Å²) < 4.78 is 47.3. The SMILES string of the molecule is O=C(O)COc1ccc(SCc2cn(-c3ccc(OC(F)(F)F)c(Cl)c3)nn2)cc1. The number of nitrogens with zero attached hydrogens (tertiary/aromatic N) is 3. The summed E-state index contributed by atoms with van der Waals surface area (Å²) in [7, 11) is 0. The molecule has 2 aromatic carbocycles. The zero-order valence-corrected chi connectivity index (χ0v) is 16.5. The molecule has 0 bridgehead atoms.